The summed E-state index contributed by atoms with van der Waals surface area (Å²) in [6, 6.07) is 8.06. The third-order valence-electron chi connectivity index (χ3n) is 4.48. The maximum Gasteiger partial charge on any atom is 0.435 e. The van der Waals surface area contributed by atoms with Gasteiger partial charge in [-0.3, -0.25) is 0 Å². The van der Waals surface area contributed by atoms with Gasteiger partial charge in [-0.05, 0) is 43.2 Å². The van der Waals surface area contributed by atoms with Gasteiger partial charge in [-0.2, -0.15) is 13.2 Å². The molecule has 9 heteroatoms. The Balaban J connectivity index is 1.44. The Morgan fingerprint density at radius 2 is 1.85 bits per heavy atom. The second kappa shape index (κ2) is 6.66. The van der Waals surface area contributed by atoms with Crippen LogP contribution in [0.1, 0.15) is 29.5 Å². The molecule has 1 aromatic carbocycles. The summed E-state index contributed by atoms with van der Waals surface area (Å²) in [6.45, 7) is 1.42. The molecule has 1 aliphatic heterocycles. The van der Waals surface area contributed by atoms with E-state index in [2.05, 4.69) is 10.2 Å². The van der Waals surface area contributed by atoms with Gasteiger partial charge in [0.05, 0.1) is 15.2 Å². The van der Waals surface area contributed by atoms with E-state index < -0.39 is 11.9 Å². The van der Waals surface area contributed by atoms with Crippen molar-refractivity contribution in [2.24, 2.45) is 0 Å². The van der Waals surface area contributed by atoms with Crippen molar-refractivity contribution < 1.29 is 13.2 Å². The van der Waals surface area contributed by atoms with Gasteiger partial charge in [-0.1, -0.05) is 11.6 Å². The number of halogens is 4. The first-order valence-corrected chi connectivity index (χ1v) is 9.31. The number of nitrogens with zero attached hydrogens (tertiary/aromatic N) is 4. The van der Waals surface area contributed by atoms with Crippen LogP contribution in [0.2, 0.25) is 5.02 Å². The lowest BCUT2D eigenvalue weighted by atomic mass is 9.97. The SMILES string of the molecule is FC(F)(F)c1ccc(N2CCC(c3nc4cc(Cl)ccc4s3)CC2)nn1. The number of benzene rings is 1. The van der Waals surface area contributed by atoms with Crippen LogP contribution in [0.15, 0.2) is 30.3 Å². The van der Waals surface area contributed by atoms with Crippen LogP contribution in [-0.4, -0.2) is 28.3 Å². The molecule has 26 heavy (non-hydrogen) atoms. The smallest absolute Gasteiger partial charge is 0.355 e. The summed E-state index contributed by atoms with van der Waals surface area (Å²) in [5.41, 5.74) is -0.0576. The summed E-state index contributed by atoms with van der Waals surface area (Å²) in [5.74, 6) is 0.817. The predicted octanol–water partition coefficient (Wildman–Crippen LogP) is 5.14. The average molecular weight is 399 g/mol. The molecule has 2 aromatic heterocycles. The van der Waals surface area contributed by atoms with Gasteiger partial charge in [0.2, 0.25) is 0 Å². The number of alkyl halides is 3. The Morgan fingerprint density at radius 1 is 1.08 bits per heavy atom. The second-order valence-corrected chi connectivity index (χ2v) is 7.70. The van der Waals surface area contributed by atoms with Gasteiger partial charge in [-0.15, -0.1) is 21.5 Å². The van der Waals surface area contributed by atoms with Gasteiger partial charge in [0.25, 0.3) is 0 Å². The third-order valence-corrected chi connectivity index (χ3v) is 5.91. The fourth-order valence-corrected chi connectivity index (χ4v) is 4.38. The van der Waals surface area contributed by atoms with E-state index in [0.717, 1.165) is 34.1 Å². The standard InChI is InChI=1S/C17H14ClF3N4S/c18-11-1-2-13-12(9-11)22-16(26-13)10-5-7-25(8-6-10)15-4-3-14(23-24-15)17(19,20)21/h1-4,9-10H,5-8H2. The second-order valence-electron chi connectivity index (χ2n) is 6.20. The molecular weight excluding hydrogens is 385 g/mol. The fourth-order valence-electron chi connectivity index (χ4n) is 3.09. The molecule has 0 N–H and O–H groups in total. The first-order valence-electron chi connectivity index (χ1n) is 8.12. The topological polar surface area (TPSA) is 41.9 Å². The lowest BCUT2D eigenvalue weighted by Gasteiger charge is -2.31. The molecule has 0 spiro atoms. The number of anilines is 1. The van der Waals surface area contributed by atoms with Crippen LogP contribution >= 0.6 is 22.9 Å². The molecule has 3 heterocycles. The van der Waals surface area contributed by atoms with Crippen LogP contribution in [0.5, 0.6) is 0 Å². The molecule has 0 unspecified atom stereocenters. The molecule has 0 aliphatic carbocycles. The summed E-state index contributed by atoms with van der Waals surface area (Å²) in [4.78, 5) is 6.66. The van der Waals surface area contributed by atoms with Crippen LogP contribution in [0, 0.1) is 0 Å². The van der Waals surface area contributed by atoms with E-state index in [4.69, 9.17) is 16.6 Å². The van der Waals surface area contributed by atoms with Gasteiger partial charge in [-0.25, -0.2) is 4.98 Å². The monoisotopic (exact) mass is 398 g/mol. The van der Waals surface area contributed by atoms with E-state index in [1.165, 1.54) is 6.07 Å². The number of rotatable bonds is 2. The molecule has 0 radical (unpaired) electrons. The average Bonchev–Trinajstić information content (AvgIpc) is 3.04. The van der Waals surface area contributed by atoms with E-state index in [9.17, 15) is 13.2 Å². The van der Waals surface area contributed by atoms with Crippen LogP contribution in [0.4, 0.5) is 19.0 Å². The van der Waals surface area contributed by atoms with E-state index in [1.54, 1.807) is 11.3 Å². The first kappa shape index (κ1) is 17.5. The van der Waals surface area contributed by atoms with Crippen LogP contribution in [-0.2, 0) is 6.18 Å². The lowest BCUT2D eigenvalue weighted by molar-refractivity contribution is -0.141. The largest absolute Gasteiger partial charge is 0.435 e. The number of fused-ring (bicyclic) bond motifs is 1. The number of aromatic nitrogens is 3. The number of hydrogen-bond acceptors (Lipinski definition) is 5. The predicted molar refractivity (Wildman–Crippen MR) is 95.9 cm³/mol. The van der Waals surface area contributed by atoms with Crippen molar-refractivity contribution in [2.45, 2.75) is 24.9 Å². The van der Waals surface area contributed by atoms with Crippen LogP contribution in [0.25, 0.3) is 10.2 Å². The van der Waals surface area contributed by atoms with Crippen LogP contribution < -0.4 is 4.90 Å². The summed E-state index contributed by atoms with van der Waals surface area (Å²) < 4.78 is 38.9. The summed E-state index contributed by atoms with van der Waals surface area (Å²) in [7, 11) is 0. The molecule has 1 fully saturated rings. The maximum atomic E-state index is 12.6. The highest BCUT2D eigenvalue weighted by Gasteiger charge is 2.33. The zero-order valence-corrected chi connectivity index (χ0v) is 15.1. The summed E-state index contributed by atoms with van der Waals surface area (Å²) in [6.07, 6.45) is -2.72. The van der Waals surface area contributed by atoms with E-state index >= 15 is 0 Å². The quantitative estimate of drug-likeness (QED) is 0.599. The minimum absolute atomic E-state index is 0.338. The number of piperidine rings is 1. The minimum Gasteiger partial charge on any atom is -0.355 e. The van der Waals surface area contributed by atoms with Crippen molar-refractivity contribution in [1.82, 2.24) is 15.2 Å². The molecule has 0 amide bonds. The zero-order valence-electron chi connectivity index (χ0n) is 13.5. The summed E-state index contributed by atoms with van der Waals surface area (Å²) >= 11 is 7.69. The Morgan fingerprint density at radius 3 is 2.50 bits per heavy atom. The molecular formula is C17H14ClF3N4S. The fraction of sp³-hybridized carbons (Fsp3) is 0.353. The molecule has 3 aromatic rings. The van der Waals surface area contributed by atoms with Gasteiger partial charge >= 0.3 is 6.18 Å². The Bertz CT molecular complexity index is 918. The molecule has 1 aliphatic rings. The zero-order chi connectivity index (χ0) is 18.3. The first-order chi connectivity index (χ1) is 12.4. The van der Waals surface area contributed by atoms with E-state index in [-0.39, 0.29) is 0 Å². The van der Waals surface area contributed by atoms with Crippen molar-refractivity contribution >= 4 is 39.0 Å². The Hall–Kier alpha value is -1.93. The van der Waals surface area contributed by atoms with Gasteiger partial charge < -0.3 is 4.90 Å². The molecule has 0 saturated carbocycles. The lowest BCUT2D eigenvalue weighted by Crippen LogP contribution is -2.33. The molecule has 0 atom stereocenters. The molecule has 4 nitrogen and oxygen atoms in total. The van der Waals surface area contributed by atoms with Gasteiger partial charge in [0, 0.05) is 24.0 Å². The highest BCUT2D eigenvalue weighted by atomic mass is 35.5. The molecule has 4 rings (SSSR count). The molecule has 136 valence electrons. The molecule has 0 bridgehead atoms. The van der Waals surface area contributed by atoms with Crippen molar-refractivity contribution in [3.63, 3.8) is 0 Å². The maximum absolute atomic E-state index is 12.6. The highest BCUT2D eigenvalue weighted by Crippen LogP contribution is 2.35. The van der Waals surface area contributed by atoms with Crippen molar-refractivity contribution in [2.75, 3.05) is 18.0 Å². The van der Waals surface area contributed by atoms with Crippen LogP contribution in [0.3, 0.4) is 0 Å². The minimum atomic E-state index is -4.46. The van der Waals surface area contributed by atoms with Crippen molar-refractivity contribution in [1.29, 1.82) is 0 Å². The number of thiazole rings is 1. The van der Waals surface area contributed by atoms with Gasteiger partial charge in [0.15, 0.2) is 11.5 Å². The van der Waals surface area contributed by atoms with Crippen molar-refractivity contribution in [3.8, 4) is 0 Å². The third kappa shape index (κ3) is 3.48. The Labute approximate surface area is 156 Å². The van der Waals surface area contributed by atoms with E-state index in [0.29, 0.717) is 29.8 Å². The Kier molecular flexibility index (Phi) is 4.48. The van der Waals surface area contributed by atoms with Crippen molar-refractivity contribution in [3.05, 3.63) is 46.1 Å². The van der Waals surface area contributed by atoms with Gasteiger partial charge in [0.1, 0.15) is 0 Å². The molecule has 1 saturated heterocycles. The highest BCUT2D eigenvalue weighted by molar-refractivity contribution is 7.18. The van der Waals surface area contributed by atoms with E-state index in [1.807, 2.05) is 23.1 Å². The number of hydrogen-bond donors (Lipinski definition) is 0. The summed E-state index contributed by atoms with van der Waals surface area (Å²) in [5, 5.41) is 8.79. The normalized spacial score (nSPS) is 16.4.